The summed E-state index contributed by atoms with van der Waals surface area (Å²) >= 11 is 0. The van der Waals surface area contributed by atoms with Crippen molar-refractivity contribution in [3.05, 3.63) is 36.1 Å². The normalized spacial score (nSPS) is 11.9. The number of hydrogen-bond acceptors (Lipinski definition) is 2. The number of carbonyl (C=O) groups is 1. The lowest BCUT2D eigenvalue weighted by Gasteiger charge is -1.95. The number of aliphatic hydroxyl groups is 1. The molecule has 0 aromatic rings. The van der Waals surface area contributed by atoms with E-state index >= 15 is 0 Å². The summed E-state index contributed by atoms with van der Waals surface area (Å²) in [6, 6.07) is 0. The lowest BCUT2D eigenvalue weighted by atomic mass is 10.2. The van der Waals surface area contributed by atoms with Gasteiger partial charge in [0.15, 0.2) is 0 Å². The van der Waals surface area contributed by atoms with Gasteiger partial charge in [-0.25, -0.2) is 4.79 Å². The highest BCUT2D eigenvalue weighted by atomic mass is 16.4. The summed E-state index contributed by atoms with van der Waals surface area (Å²) in [4.78, 5) is 10.2. The van der Waals surface area contributed by atoms with Gasteiger partial charge in [-0.3, -0.25) is 0 Å². The van der Waals surface area contributed by atoms with Gasteiger partial charge in [-0.1, -0.05) is 18.7 Å². The van der Waals surface area contributed by atoms with Gasteiger partial charge in [0.25, 0.3) is 0 Å². The Morgan fingerprint density at radius 3 is 2.36 bits per heavy atom. The largest absolute Gasteiger partial charge is 0.507 e. The van der Waals surface area contributed by atoms with Gasteiger partial charge in [-0.05, 0) is 13.0 Å². The van der Waals surface area contributed by atoms with Crippen LogP contribution in [0.1, 0.15) is 6.92 Å². The van der Waals surface area contributed by atoms with Crippen LogP contribution in [0.25, 0.3) is 0 Å². The summed E-state index contributed by atoms with van der Waals surface area (Å²) in [5.41, 5.74) is -0.303. The third-order valence-corrected chi connectivity index (χ3v) is 1.01. The minimum absolute atomic E-state index is 0.303. The number of rotatable bonds is 3. The predicted octanol–water partition coefficient (Wildman–Crippen LogP) is 1.65. The topological polar surface area (TPSA) is 57.5 Å². The van der Waals surface area contributed by atoms with E-state index in [2.05, 4.69) is 6.58 Å². The van der Waals surface area contributed by atoms with Crippen LogP contribution in [0.2, 0.25) is 0 Å². The van der Waals surface area contributed by atoms with Crippen LogP contribution < -0.4 is 0 Å². The Kier molecular flexibility index (Phi) is 3.73. The second-order valence-electron chi connectivity index (χ2n) is 1.86. The number of hydrogen-bond donors (Lipinski definition) is 2. The first-order valence-corrected chi connectivity index (χ1v) is 3.04. The van der Waals surface area contributed by atoms with Crippen LogP contribution in [-0.2, 0) is 4.79 Å². The maximum Gasteiger partial charge on any atom is 0.338 e. The average molecular weight is 154 g/mol. The quantitative estimate of drug-likeness (QED) is 0.369. The van der Waals surface area contributed by atoms with Crippen LogP contribution in [0.3, 0.4) is 0 Å². The van der Waals surface area contributed by atoms with Crippen molar-refractivity contribution in [1.29, 1.82) is 0 Å². The zero-order valence-corrected chi connectivity index (χ0v) is 6.24. The fourth-order valence-corrected chi connectivity index (χ4v) is 0.398. The minimum atomic E-state index is -1.22. The van der Waals surface area contributed by atoms with Gasteiger partial charge in [0.1, 0.15) is 5.76 Å². The monoisotopic (exact) mass is 154 g/mol. The van der Waals surface area contributed by atoms with Gasteiger partial charge in [0, 0.05) is 0 Å². The van der Waals surface area contributed by atoms with Crippen LogP contribution in [0.15, 0.2) is 36.1 Å². The van der Waals surface area contributed by atoms with Crippen LogP contribution in [0.5, 0.6) is 0 Å². The van der Waals surface area contributed by atoms with E-state index in [1.54, 1.807) is 13.0 Å². The molecule has 0 amide bonds. The molecule has 0 radical (unpaired) electrons. The molecule has 0 aliphatic heterocycles. The maximum absolute atomic E-state index is 10.2. The third-order valence-electron chi connectivity index (χ3n) is 1.01. The van der Waals surface area contributed by atoms with Crippen LogP contribution in [0, 0.1) is 0 Å². The molecule has 0 rings (SSSR count). The number of aliphatic hydroxyl groups excluding tert-OH is 1. The molecule has 0 aromatic carbocycles. The molecule has 0 atom stereocenters. The molecule has 0 saturated carbocycles. The van der Waals surface area contributed by atoms with E-state index in [1.165, 1.54) is 12.2 Å². The van der Waals surface area contributed by atoms with Crippen molar-refractivity contribution in [2.75, 3.05) is 0 Å². The molecule has 0 saturated heterocycles. The van der Waals surface area contributed by atoms with Crippen molar-refractivity contribution in [2.45, 2.75) is 6.92 Å². The number of carboxylic acids is 1. The first kappa shape index (κ1) is 9.49. The second kappa shape index (κ2) is 4.33. The molecular formula is C8H10O3. The van der Waals surface area contributed by atoms with Crippen molar-refractivity contribution in [1.82, 2.24) is 0 Å². The van der Waals surface area contributed by atoms with Crippen LogP contribution >= 0.6 is 0 Å². The fourth-order valence-electron chi connectivity index (χ4n) is 0.398. The molecule has 0 spiro atoms. The molecule has 11 heavy (non-hydrogen) atoms. The van der Waals surface area contributed by atoms with E-state index in [9.17, 15) is 4.79 Å². The summed E-state index contributed by atoms with van der Waals surface area (Å²) in [6.07, 6.45) is 4.48. The Hall–Kier alpha value is -1.51. The van der Waals surface area contributed by atoms with E-state index < -0.39 is 5.97 Å². The smallest absolute Gasteiger partial charge is 0.338 e. The molecule has 0 aromatic heterocycles. The van der Waals surface area contributed by atoms with Gasteiger partial charge in [0.2, 0.25) is 0 Å². The molecule has 2 N–H and O–H groups in total. The SMILES string of the molecule is C=C(C(=O)O)/C(O)=C\C=C/C. The Bertz CT molecular complexity index is 223. The highest BCUT2D eigenvalue weighted by molar-refractivity contribution is 5.90. The molecule has 0 unspecified atom stereocenters. The Balaban J connectivity index is 4.36. The lowest BCUT2D eigenvalue weighted by molar-refractivity contribution is -0.132. The summed E-state index contributed by atoms with van der Waals surface area (Å²) in [5, 5.41) is 17.3. The zero-order chi connectivity index (χ0) is 8.85. The van der Waals surface area contributed by atoms with Crippen molar-refractivity contribution < 1.29 is 15.0 Å². The van der Waals surface area contributed by atoms with E-state index in [0.29, 0.717) is 0 Å². The molecule has 0 aliphatic rings. The summed E-state index contributed by atoms with van der Waals surface area (Å²) in [7, 11) is 0. The third kappa shape index (κ3) is 3.25. The highest BCUT2D eigenvalue weighted by Gasteiger charge is 2.06. The maximum atomic E-state index is 10.2. The molecule has 60 valence electrons. The number of aliphatic carboxylic acids is 1. The van der Waals surface area contributed by atoms with E-state index in [-0.39, 0.29) is 11.3 Å². The Morgan fingerprint density at radius 2 is 2.00 bits per heavy atom. The Morgan fingerprint density at radius 1 is 1.45 bits per heavy atom. The molecule has 0 bridgehead atoms. The molecule has 0 aliphatic carbocycles. The van der Waals surface area contributed by atoms with E-state index in [4.69, 9.17) is 10.2 Å². The molecule has 0 heterocycles. The van der Waals surface area contributed by atoms with Gasteiger partial charge < -0.3 is 10.2 Å². The molecule has 3 heteroatoms. The van der Waals surface area contributed by atoms with Gasteiger partial charge in [0.05, 0.1) is 5.57 Å². The van der Waals surface area contributed by atoms with E-state index in [1.807, 2.05) is 0 Å². The summed E-state index contributed by atoms with van der Waals surface area (Å²) < 4.78 is 0. The number of carboxylic acid groups (broad SMARTS) is 1. The molecule has 3 nitrogen and oxygen atoms in total. The average Bonchev–Trinajstić information content (AvgIpc) is 1.98. The Labute approximate surface area is 65.0 Å². The van der Waals surface area contributed by atoms with Crippen molar-refractivity contribution >= 4 is 5.97 Å². The van der Waals surface area contributed by atoms with Gasteiger partial charge in [-0.2, -0.15) is 0 Å². The first-order valence-electron chi connectivity index (χ1n) is 3.04. The summed E-state index contributed by atoms with van der Waals surface area (Å²) in [6.45, 7) is 4.91. The van der Waals surface area contributed by atoms with Crippen molar-refractivity contribution in [3.8, 4) is 0 Å². The first-order chi connectivity index (χ1) is 5.09. The number of allylic oxidation sites excluding steroid dienone is 3. The van der Waals surface area contributed by atoms with Crippen LogP contribution in [-0.4, -0.2) is 16.2 Å². The van der Waals surface area contributed by atoms with Crippen molar-refractivity contribution in [3.63, 3.8) is 0 Å². The second-order valence-corrected chi connectivity index (χ2v) is 1.86. The van der Waals surface area contributed by atoms with Crippen LogP contribution in [0.4, 0.5) is 0 Å². The van der Waals surface area contributed by atoms with E-state index in [0.717, 1.165) is 0 Å². The lowest BCUT2D eigenvalue weighted by Crippen LogP contribution is -2.00. The van der Waals surface area contributed by atoms with Gasteiger partial charge in [-0.15, -0.1) is 0 Å². The molecule has 0 fully saturated rings. The van der Waals surface area contributed by atoms with Crippen molar-refractivity contribution in [2.24, 2.45) is 0 Å². The predicted molar refractivity (Wildman–Crippen MR) is 42.3 cm³/mol. The highest BCUT2D eigenvalue weighted by Crippen LogP contribution is 2.03. The minimum Gasteiger partial charge on any atom is -0.507 e. The van der Waals surface area contributed by atoms with Gasteiger partial charge >= 0.3 is 5.97 Å². The standard InChI is InChI=1S/C8H10O3/c1-3-4-5-7(9)6(2)8(10)11/h3-5,9H,2H2,1H3,(H,10,11)/b4-3-,7-5+. The zero-order valence-electron chi connectivity index (χ0n) is 6.24. The summed E-state index contributed by atoms with van der Waals surface area (Å²) in [5.74, 6) is -1.54. The fraction of sp³-hybridized carbons (Fsp3) is 0.125. The molecular weight excluding hydrogens is 144 g/mol.